The third-order valence-electron chi connectivity index (χ3n) is 7.13. The first-order valence-corrected chi connectivity index (χ1v) is 11.6. The number of ether oxygens (including phenoxy) is 1. The molecule has 168 valence electrons. The fourth-order valence-electron chi connectivity index (χ4n) is 6.21. The Bertz CT molecular complexity index is 818. The second kappa shape index (κ2) is 8.89. The molecule has 4 aliphatic rings. The van der Waals surface area contributed by atoms with Gasteiger partial charge in [-0.2, -0.15) is 0 Å². The first-order valence-electron chi connectivity index (χ1n) is 11.6. The van der Waals surface area contributed by atoms with Gasteiger partial charge in [-0.15, -0.1) is 0 Å². The van der Waals surface area contributed by atoms with Gasteiger partial charge in [0.1, 0.15) is 17.5 Å². The van der Waals surface area contributed by atoms with Crippen LogP contribution in [0.2, 0.25) is 0 Å². The zero-order valence-electron chi connectivity index (χ0n) is 18.3. The number of amides is 2. The number of carbonyl (C=O) groups is 2. The SMILES string of the molecule is CCCNC(=O)C(Cc1cccc(C(=N)N)c1)NC(=O)OC12CC3CC(CC(C3)C1)C2. The van der Waals surface area contributed by atoms with Crippen LogP contribution < -0.4 is 16.4 Å². The molecule has 5 N–H and O–H groups in total. The Balaban J connectivity index is 1.44. The Morgan fingerprint density at radius 1 is 1.19 bits per heavy atom. The van der Waals surface area contributed by atoms with Gasteiger partial charge in [-0.05, 0) is 74.3 Å². The summed E-state index contributed by atoms with van der Waals surface area (Å²) in [5, 5.41) is 13.4. The number of alkyl carbamates (subject to hydrolysis) is 1. The average molecular weight is 427 g/mol. The Kier molecular flexibility index (Phi) is 6.21. The molecule has 4 saturated carbocycles. The highest BCUT2D eigenvalue weighted by molar-refractivity contribution is 5.95. The smallest absolute Gasteiger partial charge is 0.408 e. The van der Waals surface area contributed by atoms with E-state index in [-0.39, 0.29) is 17.3 Å². The average Bonchev–Trinajstić information content (AvgIpc) is 2.70. The molecule has 4 aliphatic carbocycles. The van der Waals surface area contributed by atoms with E-state index in [2.05, 4.69) is 10.6 Å². The minimum Gasteiger partial charge on any atom is -0.443 e. The summed E-state index contributed by atoms with van der Waals surface area (Å²) in [6.07, 6.45) is 7.33. The Hall–Kier alpha value is -2.57. The zero-order chi connectivity index (χ0) is 22.0. The molecule has 1 atom stereocenters. The molecule has 0 spiro atoms. The van der Waals surface area contributed by atoms with E-state index in [1.165, 1.54) is 19.3 Å². The van der Waals surface area contributed by atoms with Crippen LogP contribution in [0.25, 0.3) is 0 Å². The lowest BCUT2D eigenvalue weighted by Crippen LogP contribution is -2.55. The highest BCUT2D eigenvalue weighted by Gasteiger charge is 2.53. The summed E-state index contributed by atoms with van der Waals surface area (Å²) in [5.74, 6) is 1.78. The van der Waals surface area contributed by atoms with Gasteiger partial charge < -0.3 is 21.1 Å². The standard InChI is InChI=1S/C24H34N4O3/c1-2-6-27-22(29)20(11-15-4-3-5-19(10-15)21(25)26)28-23(30)31-24-12-16-7-17(13-24)9-18(8-16)14-24/h3-5,10,16-18,20H,2,6-9,11-14H2,1H3,(H3,25,26)(H,27,29)(H,28,30). The number of nitrogens with two attached hydrogens (primary N) is 1. The van der Waals surface area contributed by atoms with Crippen molar-refractivity contribution in [3.8, 4) is 0 Å². The van der Waals surface area contributed by atoms with Crippen molar-refractivity contribution in [2.45, 2.75) is 69.9 Å². The number of nitrogens with one attached hydrogen (secondary N) is 3. The first kappa shape index (κ1) is 21.7. The van der Waals surface area contributed by atoms with Crippen LogP contribution in [0.4, 0.5) is 4.79 Å². The van der Waals surface area contributed by atoms with Crippen molar-refractivity contribution >= 4 is 17.8 Å². The molecule has 4 bridgehead atoms. The lowest BCUT2D eigenvalue weighted by molar-refractivity contribution is -0.131. The molecule has 0 saturated heterocycles. The number of nitrogen functional groups attached to an aromatic ring is 1. The molecular formula is C24H34N4O3. The van der Waals surface area contributed by atoms with Gasteiger partial charge in [-0.3, -0.25) is 10.2 Å². The summed E-state index contributed by atoms with van der Waals surface area (Å²) >= 11 is 0. The van der Waals surface area contributed by atoms with E-state index < -0.39 is 12.1 Å². The molecule has 5 rings (SSSR count). The summed E-state index contributed by atoms with van der Waals surface area (Å²) in [7, 11) is 0. The van der Waals surface area contributed by atoms with Crippen molar-refractivity contribution in [3.63, 3.8) is 0 Å². The molecule has 0 heterocycles. The minimum absolute atomic E-state index is 0.0250. The van der Waals surface area contributed by atoms with Crippen molar-refractivity contribution in [1.29, 1.82) is 5.41 Å². The van der Waals surface area contributed by atoms with Crippen molar-refractivity contribution < 1.29 is 14.3 Å². The van der Waals surface area contributed by atoms with Gasteiger partial charge in [-0.1, -0.05) is 25.1 Å². The Labute approximate surface area is 184 Å². The molecule has 2 amide bonds. The predicted molar refractivity (Wildman–Crippen MR) is 119 cm³/mol. The Morgan fingerprint density at radius 2 is 1.84 bits per heavy atom. The third kappa shape index (κ3) is 5.02. The zero-order valence-corrected chi connectivity index (χ0v) is 18.3. The number of amidine groups is 1. The summed E-state index contributed by atoms with van der Waals surface area (Å²) in [4.78, 5) is 25.7. The molecule has 0 aromatic heterocycles. The van der Waals surface area contributed by atoms with E-state index in [0.29, 0.717) is 36.3 Å². The maximum Gasteiger partial charge on any atom is 0.408 e. The van der Waals surface area contributed by atoms with Gasteiger partial charge in [0.2, 0.25) is 5.91 Å². The second-order valence-corrected chi connectivity index (χ2v) is 9.80. The number of carbonyl (C=O) groups excluding carboxylic acids is 2. The van der Waals surface area contributed by atoms with E-state index >= 15 is 0 Å². The van der Waals surface area contributed by atoms with E-state index in [4.69, 9.17) is 15.9 Å². The lowest BCUT2D eigenvalue weighted by atomic mass is 9.54. The number of benzene rings is 1. The normalized spacial score (nSPS) is 29.3. The molecule has 1 aromatic carbocycles. The third-order valence-corrected chi connectivity index (χ3v) is 7.13. The van der Waals surface area contributed by atoms with Crippen LogP contribution in [0.15, 0.2) is 24.3 Å². The number of hydrogen-bond acceptors (Lipinski definition) is 4. The van der Waals surface area contributed by atoms with Crippen molar-refractivity contribution in [1.82, 2.24) is 10.6 Å². The van der Waals surface area contributed by atoms with Crippen molar-refractivity contribution in [3.05, 3.63) is 35.4 Å². The topological polar surface area (TPSA) is 117 Å². The quantitative estimate of drug-likeness (QED) is 0.377. The summed E-state index contributed by atoms with van der Waals surface area (Å²) in [6, 6.07) is 6.48. The molecule has 7 nitrogen and oxygen atoms in total. The van der Waals surface area contributed by atoms with Crippen molar-refractivity contribution in [2.24, 2.45) is 23.5 Å². The maximum absolute atomic E-state index is 12.9. The summed E-state index contributed by atoms with van der Waals surface area (Å²) in [6.45, 7) is 2.54. The van der Waals surface area contributed by atoms with Crippen LogP contribution in [-0.2, 0) is 16.0 Å². The van der Waals surface area contributed by atoms with Crippen LogP contribution in [0.1, 0.15) is 63.0 Å². The fourth-order valence-corrected chi connectivity index (χ4v) is 6.21. The fraction of sp³-hybridized carbons (Fsp3) is 0.625. The van der Waals surface area contributed by atoms with Gasteiger partial charge in [0.05, 0.1) is 0 Å². The van der Waals surface area contributed by atoms with E-state index in [1.807, 2.05) is 13.0 Å². The van der Waals surface area contributed by atoms with Gasteiger partial charge in [0.25, 0.3) is 0 Å². The minimum atomic E-state index is -0.741. The maximum atomic E-state index is 12.9. The van der Waals surface area contributed by atoms with Crippen LogP contribution in [0, 0.1) is 23.2 Å². The monoisotopic (exact) mass is 426 g/mol. The van der Waals surface area contributed by atoms with Gasteiger partial charge in [0.15, 0.2) is 0 Å². The van der Waals surface area contributed by atoms with Crippen LogP contribution >= 0.6 is 0 Å². The van der Waals surface area contributed by atoms with Gasteiger partial charge >= 0.3 is 6.09 Å². The first-order chi connectivity index (χ1) is 14.9. The summed E-state index contributed by atoms with van der Waals surface area (Å²) in [5.41, 5.74) is 6.68. The Morgan fingerprint density at radius 3 is 2.42 bits per heavy atom. The van der Waals surface area contributed by atoms with E-state index in [0.717, 1.165) is 31.2 Å². The van der Waals surface area contributed by atoms with E-state index in [1.54, 1.807) is 18.2 Å². The highest BCUT2D eigenvalue weighted by atomic mass is 16.6. The molecule has 4 fully saturated rings. The van der Waals surface area contributed by atoms with Crippen molar-refractivity contribution in [2.75, 3.05) is 6.54 Å². The molecule has 0 radical (unpaired) electrons. The molecule has 7 heteroatoms. The molecular weight excluding hydrogens is 392 g/mol. The number of hydrogen-bond donors (Lipinski definition) is 4. The van der Waals surface area contributed by atoms with E-state index in [9.17, 15) is 9.59 Å². The highest BCUT2D eigenvalue weighted by Crippen LogP contribution is 2.57. The predicted octanol–water partition coefficient (Wildman–Crippen LogP) is 3.10. The molecule has 1 aromatic rings. The van der Waals surface area contributed by atoms with Crippen LogP contribution in [0.3, 0.4) is 0 Å². The van der Waals surface area contributed by atoms with Gasteiger partial charge in [-0.25, -0.2) is 4.79 Å². The molecule has 0 aliphatic heterocycles. The largest absolute Gasteiger partial charge is 0.443 e. The van der Waals surface area contributed by atoms with Crippen LogP contribution in [-0.4, -0.2) is 36.0 Å². The second-order valence-electron chi connectivity index (χ2n) is 9.80. The molecule has 1 unspecified atom stereocenters. The molecule has 31 heavy (non-hydrogen) atoms. The summed E-state index contributed by atoms with van der Waals surface area (Å²) < 4.78 is 6.05. The lowest BCUT2D eigenvalue weighted by Gasteiger charge is -2.55. The number of rotatable bonds is 8. The van der Waals surface area contributed by atoms with Crippen LogP contribution in [0.5, 0.6) is 0 Å². The van der Waals surface area contributed by atoms with Gasteiger partial charge in [0, 0.05) is 18.5 Å².